The van der Waals surface area contributed by atoms with E-state index >= 15 is 0 Å². The van der Waals surface area contributed by atoms with Gasteiger partial charge in [0, 0.05) is 13.0 Å². The van der Waals surface area contributed by atoms with Crippen LogP contribution in [-0.4, -0.2) is 17.7 Å². The molecule has 76 valence electrons. The average molecular weight is 194 g/mol. The van der Waals surface area contributed by atoms with E-state index in [0.29, 0.717) is 17.9 Å². The fraction of sp³-hybridized carbons (Fsp3) is 0.455. The Kier molecular flexibility index (Phi) is 4.76. The number of ether oxygens (including phenoxy) is 1. The molecule has 0 saturated carbocycles. The molecular formula is C11H14O3. The molecule has 1 aliphatic heterocycles. The summed E-state index contributed by atoms with van der Waals surface area (Å²) in [6.07, 6.45) is 8.93. The molecule has 1 N–H and O–H groups in total. The summed E-state index contributed by atoms with van der Waals surface area (Å²) in [6.45, 7) is 0.241. The molecule has 1 aliphatic rings. The van der Waals surface area contributed by atoms with Gasteiger partial charge in [0.15, 0.2) is 11.7 Å². The van der Waals surface area contributed by atoms with Crippen molar-refractivity contribution in [3.05, 3.63) is 29.7 Å². The predicted octanol–water partition coefficient (Wildman–Crippen LogP) is 1.72. The van der Waals surface area contributed by atoms with Crippen molar-refractivity contribution in [2.24, 2.45) is 0 Å². The zero-order chi connectivity index (χ0) is 10.2. The quantitative estimate of drug-likeness (QED) is 0.535. The third-order valence-corrected chi connectivity index (χ3v) is 1.90. The van der Waals surface area contributed by atoms with Crippen molar-refractivity contribution < 1.29 is 14.6 Å². The summed E-state index contributed by atoms with van der Waals surface area (Å²) < 4.78 is 5.14. The first-order valence-electron chi connectivity index (χ1n) is 4.76. The molecular weight excluding hydrogens is 180 g/mol. The van der Waals surface area contributed by atoms with Gasteiger partial charge < -0.3 is 9.84 Å². The Hall–Kier alpha value is -1.31. The summed E-state index contributed by atoms with van der Waals surface area (Å²) in [4.78, 5) is 10.2. The standard InChI is InChI=1S/C11H14O3/c12-8-4-2-1-3-5-10-6-7-11(9-13)14-10/h3,5-6,12H,1-2,4,7-8H2. The van der Waals surface area contributed by atoms with E-state index < -0.39 is 0 Å². The number of aliphatic hydroxyl groups is 1. The third kappa shape index (κ3) is 3.60. The second kappa shape index (κ2) is 6.19. The van der Waals surface area contributed by atoms with Crippen LogP contribution in [-0.2, 0) is 9.53 Å². The topological polar surface area (TPSA) is 46.5 Å². The summed E-state index contributed by atoms with van der Waals surface area (Å²) in [5.41, 5.74) is 0. The van der Waals surface area contributed by atoms with Crippen LogP contribution in [0.4, 0.5) is 0 Å². The second-order valence-corrected chi connectivity index (χ2v) is 3.06. The zero-order valence-electron chi connectivity index (χ0n) is 8.03. The highest BCUT2D eigenvalue weighted by molar-refractivity contribution is 5.52. The lowest BCUT2D eigenvalue weighted by Gasteiger charge is -1.95. The predicted molar refractivity (Wildman–Crippen MR) is 53.1 cm³/mol. The van der Waals surface area contributed by atoms with Gasteiger partial charge in [0.25, 0.3) is 0 Å². The average Bonchev–Trinajstić information content (AvgIpc) is 2.65. The van der Waals surface area contributed by atoms with E-state index in [4.69, 9.17) is 9.84 Å². The molecule has 3 heteroatoms. The van der Waals surface area contributed by atoms with Crippen molar-refractivity contribution in [3.8, 4) is 0 Å². The van der Waals surface area contributed by atoms with Crippen LogP contribution < -0.4 is 0 Å². The Morgan fingerprint density at radius 2 is 2.43 bits per heavy atom. The molecule has 0 aromatic carbocycles. The molecule has 0 aromatic rings. The maximum absolute atomic E-state index is 10.2. The van der Waals surface area contributed by atoms with Gasteiger partial charge in [-0.25, -0.2) is 4.79 Å². The first kappa shape index (κ1) is 10.8. The highest BCUT2D eigenvalue weighted by atomic mass is 16.5. The van der Waals surface area contributed by atoms with Crippen molar-refractivity contribution in [2.45, 2.75) is 25.7 Å². The van der Waals surface area contributed by atoms with Crippen molar-refractivity contribution in [1.29, 1.82) is 0 Å². The van der Waals surface area contributed by atoms with Gasteiger partial charge in [-0.3, -0.25) is 0 Å². The van der Waals surface area contributed by atoms with Gasteiger partial charge in [-0.15, -0.1) is 0 Å². The molecule has 0 fully saturated rings. The fourth-order valence-electron chi connectivity index (χ4n) is 1.16. The van der Waals surface area contributed by atoms with Gasteiger partial charge in [-0.1, -0.05) is 6.08 Å². The molecule has 1 rings (SSSR count). The lowest BCUT2D eigenvalue weighted by Crippen LogP contribution is -1.82. The number of rotatable bonds is 5. The molecule has 0 atom stereocenters. The number of hydrogen-bond donors (Lipinski definition) is 1. The molecule has 1 heterocycles. The second-order valence-electron chi connectivity index (χ2n) is 3.06. The van der Waals surface area contributed by atoms with Crippen LogP contribution in [0.2, 0.25) is 0 Å². The summed E-state index contributed by atoms with van der Waals surface area (Å²) in [6, 6.07) is 0. The summed E-state index contributed by atoms with van der Waals surface area (Å²) in [7, 11) is 0. The van der Waals surface area contributed by atoms with Crippen LogP contribution in [0.1, 0.15) is 25.7 Å². The Balaban J connectivity index is 2.22. The minimum Gasteiger partial charge on any atom is -0.450 e. The van der Waals surface area contributed by atoms with Gasteiger partial charge >= 0.3 is 0 Å². The molecule has 0 radical (unpaired) electrons. The summed E-state index contributed by atoms with van der Waals surface area (Å²) >= 11 is 0. The van der Waals surface area contributed by atoms with Crippen LogP contribution in [0.3, 0.4) is 0 Å². The number of allylic oxidation sites excluding steroid dienone is 3. The lowest BCUT2D eigenvalue weighted by atomic mass is 10.2. The molecule has 0 unspecified atom stereocenters. The molecule has 3 nitrogen and oxygen atoms in total. The molecule has 0 saturated heterocycles. The van der Waals surface area contributed by atoms with Gasteiger partial charge in [0.1, 0.15) is 5.76 Å². The van der Waals surface area contributed by atoms with Gasteiger partial charge in [-0.05, 0) is 31.4 Å². The largest absolute Gasteiger partial charge is 0.450 e. The zero-order valence-corrected chi connectivity index (χ0v) is 8.03. The Bertz CT molecular complexity index is 283. The minimum absolute atomic E-state index is 0.241. The van der Waals surface area contributed by atoms with Crippen molar-refractivity contribution in [3.63, 3.8) is 0 Å². The van der Waals surface area contributed by atoms with Gasteiger partial charge in [0.05, 0.1) is 0 Å². The highest BCUT2D eigenvalue weighted by Crippen LogP contribution is 2.18. The fourth-order valence-corrected chi connectivity index (χ4v) is 1.16. The van der Waals surface area contributed by atoms with E-state index in [1.54, 1.807) is 5.94 Å². The molecule has 0 amide bonds. The van der Waals surface area contributed by atoms with E-state index in [0.717, 1.165) is 19.3 Å². The first-order valence-corrected chi connectivity index (χ1v) is 4.76. The molecule has 0 bridgehead atoms. The van der Waals surface area contributed by atoms with E-state index in [2.05, 4.69) is 0 Å². The van der Waals surface area contributed by atoms with Crippen LogP contribution in [0.25, 0.3) is 0 Å². The van der Waals surface area contributed by atoms with E-state index in [1.165, 1.54) is 0 Å². The monoisotopic (exact) mass is 194 g/mol. The Morgan fingerprint density at radius 3 is 3.07 bits per heavy atom. The highest BCUT2D eigenvalue weighted by Gasteiger charge is 2.08. The van der Waals surface area contributed by atoms with E-state index in [-0.39, 0.29) is 6.61 Å². The maximum Gasteiger partial charge on any atom is 0.191 e. The van der Waals surface area contributed by atoms with E-state index in [1.807, 2.05) is 18.2 Å². The van der Waals surface area contributed by atoms with Crippen LogP contribution >= 0.6 is 0 Å². The first-order chi connectivity index (χ1) is 6.86. The summed E-state index contributed by atoms with van der Waals surface area (Å²) in [5, 5.41) is 8.54. The minimum atomic E-state index is 0.241. The van der Waals surface area contributed by atoms with Gasteiger partial charge in [-0.2, -0.15) is 0 Å². The van der Waals surface area contributed by atoms with Crippen molar-refractivity contribution in [2.75, 3.05) is 6.61 Å². The third-order valence-electron chi connectivity index (χ3n) is 1.90. The maximum atomic E-state index is 10.2. The molecule has 0 aliphatic carbocycles. The number of hydrogen-bond acceptors (Lipinski definition) is 3. The number of unbranched alkanes of at least 4 members (excludes halogenated alkanes) is 2. The van der Waals surface area contributed by atoms with Crippen LogP contribution in [0, 0.1) is 0 Å². The Labute approximate surface area is 83.4 Å². The number of aliphatic hydroxyl groups excluding tert-OH is 1. The normalized spacial score (nSPS) is 15.5. The smallest absolute Gasteiger partial charge is 0.191 e. The molecule has 0 spiro atoms. The van der Waals surface area contributed by atoms with Gasteiger partial charge in [0.2, 0.25) is 0 Å². The van der Waals surface area contributed by atoms with Crippen molar-refractivity contribution >= 4 is 5.94 Å². The lowest BCUT2D eigenvalue weighted by molar-refractivity contribution is 0.285. The SMILES string of the molecule is O=C=C1CC=C(C=CCCCCO)O1. The molecule has 14 heavy (non-hydrogen) atoms. The Morgan fingerprint density at radius 1 is 1.57 bits per heavy atom. The van der Waals surface area contributed by atoms with Crippen LogP contribution in [0.15, 0.2) is 29.7 Å². The molecule has 0 aromatic heterocycles. The van der Waals surface area contributed by atoms with E-state index in [9.17, 15) is 4.79 Å². The van der Waals surface area contributed by atoms with Crippen molar-refractivity contribution in [1.82, 2.24) is 0 Å². The van der Waals surface area contributed by atoms with Crippen LogP contribution in [0.5, 0.6) is 0 Å². The number of carbonyl (C=O) groups excluding carboxylic acids is 1. The summed E-state index contributed by atoms with van der Waals surface area (Å²) in [5.74, 6) is 2.79.